The molecule has 6 nitrogen and oxygen atoms in total. The van der Waals surface area contributed by atoms with Gasteiger partial charge in [-0.3, -0.25) is 4.90 Å². The van der Waals surface area contributed by atoms with E-state index >= 15 is 0 Å². The highest BCUT2D eigenvalue weighted by molar-refractivity contribution is 5.33. The minimum absolute atomic E-state index is 0.0222. The summed E-state index contributed by atoms with van der Waals surface area (Å²) in [5.74, 6) is 3.10. The number of piperidine rings is 1. The number of fused-ring (bicyclic) bond motifs is 1. The van der Waals surface area contributed by atoms with Crippen molar-refractivity contribution in [1.29, 1.82) is 0 Å². The number of nitrogens with zero attached hydrogens (tertiary/aromatic N) is 5. The Hall–Kier alpha value is -3.12. The highest BCUT2D eigenvalue weighted by Crippen LogP contribution is 2.33. The number of hydrogen-bond acceptors (Lipinski definition) is 5. The van der Waals surface area contributed by atoms with Crippen molar-refractivity contribution in [1.82, 2.24) is 24.5 Å². The molecule has 0 N–H and O–H groups in total. The van der Waals surface area contributed by atoms with Gasteiger partial charge in [0.25, 0.3) is 5.78 Å². The zero-order valence-corrected chi connectivity index (χ0v) is 16.1. The Labute approximate surface area is 171 Å². The third kappa shape index (κ3) is 4.39. The van der Waals surface area contributed by atoms with Crippen molar-refractivity contribution in [3.8, 4) is 18.1 Å². The molecule has 156 valence electrons. The van der Waals surface area contributed by atoms with Crippen LogP contribution in [0.3, 0.4) is 0 Å². The average Bonchev–Trinajstić information content (AvgIpc) is 3.20. The van der Waals surface area contributed by atoms with E-state index < -0.39 is 11.9 Å². The summed E-state index contributed by atoms with van der Waals surface area (Å²) in [5, 5.41) is 3.65. The summed E-state index contributed by atoms with van der Waals surface area (Å²) in [6.45, 7) is 2.49. The lowest BCUT2D eigenvalue weighted by Gasteiger charge is -2.32. The molecule has 0 saturated carbocycles. The Bertz CT molecular complexity index is 1060. The molecule has 3 heterocycles. The summed E-state index contributed by atoms with van der Waals surface area (Å²) in [5.41, 5.74) is 0.684. The van der Waals surface area contributed by atoms with Crippen molar-refractivity contribution in [2.75, 3.05) is 19.7 Å². The summed E-state index contributed by atoms with van der Waals surface area (Å²) >= 11 is 0. The topological polar surface area (TPSA) is 55.6 Å². The van der Waals surface area contributed by atoms with Gasteiger partial charge in [-0.15, -0.1) is 6.42 Å². The van der Waals surface area contributed by atoms with E-state index in [1.807, 2.05) is 24.3 Å². The Morgan fingerprint density at radius 2 is 2.00 bits per heavy atom. The van der Waals surface area contributed by atoms with Crippen LogP contribution in [0.4, 0.5) is 13.2 Å². The highest BCUT2D eigenvalue weighted by Gasteiger charge is 2.36. The highest BCUT2D eigenvalue weighted by atomic mass is 19.4. The van der Waals surface area contributed by atoms with Gasteiger partial charge in [-0.05, 0) is 49.7 Å². The van der Waals surface area contributed by atoms with Crippen molar-refractivity contribution in [2.24, 2.45) is 0 Å². The van der Waals surface area contributed by atoms with Gasteiger partial charge in [-0.2, -0.15) is 27.8 Å². The van der Waals surface area contributed by atoms with Crippen LogP contribution in [0.1, 0.15) is 35.7 Å². The van der Waals surface area contributed by atoms with E-state index in [0.717, 1.165) is 60.7 Å². The maximum atomic E-state index is 13.4. The molecule has 0 unspecified atom stereocenters. The van der Waals surface area contributed by atoms with E-state index in [9.17, 15) is 13.2 Å². The number of hydrogen-bond donors (Lipinski definition) is 0. The van der Waals surface area contributed by atoms with Crippen LogP contribution in [-0.4, -0.2) is 44.2 Å². The molecule has 0 spiro atoms. The first kappa shape index (κ1) is 20.2. The molecule has 1 aliphatic rings. The summed E-state index contributed by atoms with van der Waals surface area (Å²) in [4.78, 5) is 10.5. The lowest BCUT2D eigenvalue weighted by atomic mass is 9.92. The smallest absolute Gasteiger partial charge is 0.433 e. The van der Waals surface area contributed by atoms with Crippen molar-refractivity contribution in [3.05, 3.63) is 53.6 Å². The van der Waals surface area contributed by atoms with Crippen LogP contribution < -0.4 is 4.74 Å². The Balaban J connectivity index is 1.43. The molecule has 4 rings (SSSR count). The molecule has 0 aliphatic carbocycles. The van der Waals surface area contributed by atoms with Gasteiger partial charge in [0.15, 0.2) is 5.69 Å². The average molecular weight is 415 g/mol. The van der Waals surface area contributed by atoms with Crippen LogP contribution in [0, 0.1) is 12.3 Å². The van der Waals surface area contributed by atoms with Crippen LogP contribution in [0.15, 0.2) is 36.7 Å². The van der Waals surface area contributed by atoms with Crippen LogP contribution >= 0.6 is 0 Å². The maximum absolute atomic E-state index is 13.4. The fraction of sp³-hybridized carbons (Fsp3) is 0.381. The molecule has 9 heteroatoms. The molecule has 30 heavy (non-hydrogen) atoms. The lowest BCUT2D eigenvalue weighted by molar-refractivity contribution is -0.142. The van der Waals surface area contributed by atoms with E-state index in [0.29, 0.717) is 5.69 Å². The molecular formula is C21H20F3N5O. The van der Waals surface area contributed by atoms with Crippen LogP contribution in [-0.2, 0) is 12.7 Å². The monoisotopic (exact) mass is 415 g/mol. The summed E-state index contributed by atoms with van der Waals surface area (Å²) in [7, 11) is 0. The number of aromatic nitrogens is 4. The molecule has 0 radical (unpaired) electrons. The second-order valence-electron chi connectivity index (χ2n) is 7.23. The predicted octanol–water partition coefficient (Wildman–Crippen LogP) is 3.53. The van der Waals surface area contributed by atoms with Crippen LogP contribution in [0.5, 0.6) is 5.75 Å². The Kier molecular flexibility index (Phi) is 5.59. The fourth-order valence-corrected chi connectivity index (χ4v) is 3.75. The van der Waals surface area contributed by atoms with Crippen molar-refractivity contribution < 1.29 is 17.9 Å². The molecule has 1 fully saturated rings. The quantitative estimate of drug-likeness (QED) is 0.597. The van der Waals surface area contributed by atoms with Crippen molar-refractivity contribution >= 4 is 5.78 Å². The fourth-order valence-electron chi connectivity index (χ4n) is 3.75. The summed E-state index contributed by atoms with van der Waals surface area (Å²) in [6.07, 6.45) is 3.24. The molecule has 1 saturated heterocycles. The molecule has 0 atom stereocenters. The van der Waals surface area contributed by atoms with Gasteiger partial charge in [0.2, 0.25) is 0 Å². The first-order valence-corrected chi connectivity index (χ1v) is 9.59. The van der Waals surface area contributed by atoms with E-state index in [1.54, 1.807) is 0 Å². The van der Waals surface area contributed by atoms with Crippen LogP contribution in [0.25, 0.3) is 5.78 Å². The molecule has 0 bridgehead atoms. The molecular weight excluding hydrogens is 395 g/mol. The van der Waals surface area contributed by atoms with Gasteiger partial charge in [0, 0.05) is 18.2 Å². The summed E-state index contributed by atoms with van der Waals surface area (Å²) in [6, 6.07) is 8.86. The third-order valence-electron chi connectivity index (χ3n) is 5.19. The van der Waals surface area contributed by atoms with Crippen molar-refractivity contribution in [3.63, 3.8) is 0 Å². The number of benzene rings is 1. The molecule has 2 aromatic heterocycles. The van der Waals surface area contributed by atoms with Gasteiger partial charge in [0.1, 0.15) is 18.7 Å². The van der Waals surface area contributed by atoms with E-state index in [4.69, 9.17) is 11.2 Å². The SMILES string of the molecule is C#CCOc1cccc(CN2CCC(c3cc(C(F)(F)F)n4ncnc4n3)CC2)c1. The zero-order valence-electron chi connectivity index (χ0n) is 16.1. The number of terminal acetylenes is 1. The van der Waals surface area contributed by atoms with Crippen molar-refractivity contribution in [2.45, 2.75) is 31.5 Å². The largest absolute Gasteiger partial charge is 0.481 e. The first-order valence-electron chi connectivity index (χ1n) is 9.59. The van der Waals surface area contributed by atoms with Gasteiger partial charge in [-0.1, -0.05) is 18.1 Å². The molecule has 0 amide bonds. The first-order chi connectivity index (χ1) is 14.4. The zero-order chi connectivity index (χ0) is 21.1. The van der Waals surface area contributed by atoms with Gasteiger partial charge < -0.3 is 4.74 Å². The number of halogens is 3. The second kappa shape index (κ2) is 8.32. The number of ether oxygens (including phenoxy) is 1. The van der Waals surface area contributed by atoms with E-state index in [2.05, 4.69) is 25.9 Å². The molecule has 3 aromatic rings. The molecule has 1 aliphatic heterocycles. The Morgan fingerprint density at radius 3 is 2.73 bits per heavy atom. The lowest BCUT2D eigenvalue weighted by Crippen LogP contribution is -2.33. The minimum atomic E-state index is -4.52. The summed E-state index contributed by atoms with van der Waals surface area (Å²) < 4.78 is 46.4. The van der Waals surface area contributed by atoms with Gasteiger partial charge in [-0.25, -0.2) is 4.98 Å². The Morgan fingerprint density at radius 1 is 1.20 bits per heavy atom. The number of alkyl halides is 3. The minimum Gasteiger partial charge on any atom is -0.481 e. The van der Waals surface area contributed by atoms with Crippen LogP contribution in [0.2, 0.25) is 0 Å². The molecule has 1 aromatic carbocycles. The normalized spacial score (nSPS) is 15.9. The van der Waals surface area contributed by atoms with E-state index in [1.165, 1.54) is 0 Å². The standard InChI is InChI=1S/C21H20F3N5O/c1-2-10-30-17-5-3-4-15(11-17)13-28-8-6-16(7-9-28)18-12-19(21(22,23)24)29-20(27-18)25-14-26-29/h1,3-5,11-12,14,16H,6-10,13H2. The maximum Gasteiger partial charge on any atom is 0.433 e. The predicted molar refractivity (Wildman–Crippen MR) is 104 cm³/mol. The van der Waals surface area contributed by atoms with Gasteiger partial charge >= 0.3 is 6.18 Å². The second-order valence-corrected chi connectivity index (χ2v) is 7.23. The third-order valence-corrected chi connectivity index (χ3v) is 5.19. The number of likely N-dealkylation sites (tertiary alicyclic amines) is 1. The van der Waals surface area contributed by atoms with Gasteiger partial charge in [0.05, 0.1) is 0 Å². The number of rotatable bonds is 5. The van der Waals surface area contributed by atoms with E-state index in [-0.39, 0.29) is 18.3 Å².